The maximum absolute atomic E-state index is 12.7. The van der Waals surface area contributed by atoms with Crippen molar-refractivity contribution in [2.24, 2.45) is 0 Å². The highest BCUT2D eigenvalue weighted by Crippen LogP contribution is 2.28. The number of anilines is 1. The van der Waals surface area contributed by atoms with Gasteiger partial charge in [0.25, 0.3) is 0 Å². The second-order valence-corrected chi connectivity index (χ2v) is 5.68. The van der Waals surface area contributed by atoms with Gasteiger partial charge in [0.15, 0.2) is 11.1 Å². The van der Waals surface area contributed by atoms with Crippen LogP contribution in [0.5, 0.6) is 0 Å². The molecule has 0 bridgehead atoms. The lowest BCUT2D eigenvalue weighted by Gasteiger charge is -2.06. The molecule has 0 spiro atoms. The topological polar surface area (TPSA) is 119 Å². The number of nitrogens with two attached hydrogens (primary N) is 1. The molecule has 7 nitrogen and oxygen atoms in total. The van der Waals surface area contributed by atoms with Crippen molar-refractivity contribution in [1.29, 1.82) is 0 Å². The summed E-state index contributed by atoms with van der Waals surface area (Å²) in [6.07, 6.45) is 5.12. The average molecular weight is 323 g/mol. The van der Waals surface area contributed by atoms with E-state index in [0.29, 0.717) is 5.58 Å². The molecule has 120 valence electrons. The molecule has 24 heavy (non-hydrogen) atoms. The Kier molecular flexibility index (Phi) is 3.09. The minimum atomic E-state index is -1.25. The van der Waals surface area contributed by atoms with E-state index < -0.39 is 11.4 Å². The van der Waals surface area contributed by atoms with Crippen LogP contribution in [0.4, 0.5) is 5.82 Å². The fourth-order valence-corrected chi connectivity index (χ4v) is 2.93. The Labute approximate surface area is 135 Å². The van der Waals surface area contributed by atoms with E-state index in [-0.39, 0.29) is 28.0 Å². The maximum Gasteiger partial charge on any atom is 0.339 e. The van der Waals surface area contributed by atoms with Crippen LogP contribution >= 0.6 is 0 Å². The molecule has 3 heterocycles. The van der Waals surface area contributed by atoms with E-state index in [2.05, 4.69) is 16.0 Å². The Hall–Kier alpha value is -3.22. The molecule has 0 aromatic carbocycles. The van der Waals surface area contributed by atoms with Crippen LogP contribution in [-0.2, 0) is 0 Å². The van der Waals surface area contributed by atoms with Crippen LogP contribution in [0, 0.1) is 0 Å². The number of fused-ring (bicyclic) bond motifs is 2. The van der Waals surface area contributed by atoms with Gasteiger partial charge in [-0.2, -0.15) is 4.98 Å². The van der Waals surface area contributed by atoms with E-state index in [1.54, 1.807) is 6.07 Å². The van der Waals surface area contributed by atoms with Crippen molar-refractivity contribution in [3.63, 3.8) is 0 Å². The number of pyridine rings is 2. The number of hydrogen-bond donors (Lipinski definition) is 2. The van der Waals surface area contributed by atoms with Gasteiger partial charge >= 0.3 is 5.97 Å². The SMILES string of the molecule is Nc1nc2oc3ccc(C4=CCCC4)nc3c(=O)c2cc1C(=O)O. The molecule has 0 fully saturated rings. The van der Waals surface area contributed by atoms with Gasteiger partial charge in [-0.25, -0.2) is 9.78 Å². The molecular formula is C17H13N3O4. The van der Waals surface area contributed by atoms with Gasteiger partial charge in [-0.1, -0.05) is 6.08 Å². The van der Waals surface area contributed by atoms with Gasteiger partial charge in [-0.3, -0.25) is 4.79 Å². The second-order valence-electron chi connectivity index (χ2n) is 5.68. The summed E-state index contributed by atoms with van der Waals surface area (Å²) in [5, 5.41) is 9.20. The Morgan fingerprint density at radius 3 is 2.83 bits per heavy atom. The van der Waals surface area contributed by atoms with Crippen LogP contribution in [0.25, 0.3) is 27.8 Å². The first kappa shape index (κ1) is 14.4. The van der Waals surface area contributed by atoms with E-state index >= 15 is 0 Å². The lowest BCUT2D eigenvalue weighted by molar-refractivity contribution is 0.0698. The first-order chi connectivity index (χ1) is 11.5. The molecule has 7 heteroatoms. The third kappa shape index (κ3) is 2.13. The summed E-state index contributed by atoms with van der Waals surface area (Å²) in [6.45, 7) is 0. The molecule has 3 aromatic heterocycles. The zero-order valence-electron chi connectivity index (χ0n) is 12.6. The molecule has 1 aliphatic carbocycles. The van der Waals surface area contributed by atoms with E-state index in [4.69, 9.17) is 15.3 Å². The molecule has 3 aromatic rings. The quantitative estimate of drug-likeness (QED) is 0.695. The van der Waals surface area contributed by atoms with Crippen LogP contribution < -0.4 is 11.2 Å². The first-order valence-corrected chi connectivity index (χ1v) is 7.51. The van der Waals surface area contributed by atoms with Crippen molar-refractivity contribution >= 4 is 39.6 Å². The first-order valence-electron chi connectivity index (χ1n) is 7.51. The maximum atomic E-state index is 12.7. The Morgan fingerprint density at radius 1 is 1.29 bits per heavy atom. The number of aromatic carboxylic acids is 1. The smallest absolute Gasteiger partial charge is 0.339 e. The number of nitrogen functional groups attached to an aromatic ring is 1. The van der Waals surface area contributed by atoms with Gasteiger partial charge in [0.1, 0.15) is 11.4 Å². The highest BCUT2D eigenvalue weighted by atomic mass is 16.4. The normalized spacial score (nSPS) is 14.2. The van der Waals surface area contributed by atoms with Gasteiger partial charge < -0.3 is 15.3 Å². The highest BCUT2D eigenvalue weighted by Gasteiger charge is 2.17. The van der Waals surface area contributed by atoms with E-state index in [9.17, 15) is 9.59 Å². The van der Waals surface area contributed by atoms with Crippen LogP contribution in [0.15, 0.2) is 33.5 Å². The summed E-state index contributed by atoms with van der Waals surface area (Å²) in [7, 11) is 0. The number of allylic oxidation sites excluding steroid dienone is 2. The molecular weight excluding hydrogens is 310 g/mol. The van der Waals surface area contributed by atoms with Gasteiger partial charge in [0.2, 0.25) is 11.1 Å². The number of rotatable bonds is 2. The molecule has 0 unspecified atom stereocenters. The summed E-state index contributed by atoms with van der Waals surface area (Å²) in [6, 6.07) is 4.68. The summed E-state index contributed by atoms with van der Waals surface area (Å²) < 4.78 is 5.59. The van der Waals surface area contributed by atoms with Crippen LogP contribution in [0.2, 0.25) is 0 Å². The third-order valence-electron chi connectivity index (χ3n) is 4.14. The van der Waals surface area contributed by atoms with Crippen molar-refractivity contribution in [3.8, 4) is 0 Å². The molecule has 0 saturated heterocycles. The molecule has 1 aliphatic rings. The van der Waals surface area contributed by atoms with E-state index in [1.807, 2.05) is 6.07 Å². The minimum Gasteiger partial charge on any atom is -0.478 e. The van der Waals surface area contributed by atoms with Crippen LogP contribution in [0.3, 0.4) is 0 Å². The molecule has 0 amide bonds. The lowest BCUT2D eigenvalue weighted by Crippen LogP contribution is -2.10. The lowest BCUT2D eigenvalue weighted by atomic mass is 10.1. The molecule has 0 atom stereocenters. The number of nitrogens with zero attached hydrogens (tertiary/aromatic N) is 2. The Morgan fingerprint density at radius 2 is 2.12 bits per heavy atom. The number of carbonyl (C=O) groups is 1. The fraction of sp³-hybridized carbons (Fsp3) is 0.176. The van der Waals surface area contributed by atoms with Gasteiger partial charge in [-0.15, -0.1) is 0 Å². The van der Waals surface area contributed by atoms with Crippen LogP contribution in [0.1, 0.15) is 35.3 Å². The van der Waals surface area contributed by atoms with Crippen molar-refractivity contribution in [2.45, 2.75) is 19.3 Å². The summed E-state index contributed by atoms with van der Waals surface area (Å²) in [5.74, 6) is -1.45. The van der Waals surface area contributed by atoms with Crippen LogP contribution in [-0.4, -0.2) is 21.0 Å². The van der Waals surface area contributed by atoms with E-state index in [1.165, 1.54) is 6.07 Å². The standard InChI is InChI=1S/C17H13N3O4/c18-15-10(17(22)23)7-9-14(21)13-12(24-16(9)20-15)6-5-11(19-13)8-3-1-2-4-8/h3,5-7H,1-2,4H2,(H2,18,20)(H,22,23). The molecule has 0 aliphatic heterocycles. The predicted octanol–water partition coefficient (Wildman–Crippen LogP) is 2.58. The second kappa shape index (κ2) is 5.16. The zero-order valence-corrected chi connectivity index (χ0v) is 12.6. The van der Waals surface area contributed by atoms with Crippen molar-refractivity contribution in [2.75, 3.05) is 5.73 Å². The predicted molar refractivity (Wildman–Crippen MR) is 88.8 cm³/mol. The average Bonchev–Trinajstić information content (AvgIpc) is 3.08. The molecule has 3 N–H and O–H groups in total. The highest BCUT2D eigenvalue weighted by molar-refractivity contribution is 5.98. The van der Waals surface area contributed by atoms with Gasteiger partial charge in [0.05, 0.1) is 11.1 Å². The monoisotopic (exact) mass is 323 g/mol. The van der Waals surface area contributed by atoms with Crippen molar-refractivity contribution in [1.82, 2.24) is 9.97 Å². The minimum absolute atomic E-state index is 0.00429. The van der Waals surface area contributed by atoms with E-state index in [0.717, 1.165) is 30.5 Å². The third-order valence-corrected chi connectivity index (χ3v) is 4.14. The largest absolute Gasteiger partial charge is 0.478 e. The number of carboxylic acids is 1. The van der Waals surface area contributed by atoms with Crippen molar-refractivity contribution < 1.29 is 14.3 Å². The number of hydrogen-bond acceptors (Lipinski definition) is 6. The zero-order chi connectivity index (χ0) is 16.8. The Bertz CT molecular complexity index is 1100. The van der Waals surface area contributed by atoms with Gasteiger partial charge in [-0.05, 0) is 43.0 Å². The summed E-state index contributed by atoms with van der Waals surface area (Å²) in [4.78, 5) is 32.2. The Balaban J connectivity index is 2.02. The number of aromatic nitrogens is 2. The molecule has 0 radical (unpaired) electrons. The molecule has 0 saturated carbocycles. The molecule has 4 rings (SSSR count). The van der Waals surface area contributed by atoms with Gasteiger partial charge in [0, 0.05) is 0 Å². The summed E-state index contributed by atoms with van der Waals surface area (Å²) >= 11 is 0. The summed E-state index contributed by atoms with van der Waals surface area (Å²) in [5.41, 5.74) is 7.28. The fourth-order valence-electron chi connectivity index (χ4n) is 2.93. The number of carboxylic acid groups (broad SMARTS) is 1. The van der Waals surface area contributed by atoms with Crippen molar-refractivity contribution in [3.05, 3.63) is 45.8 Å².